The van der Waals surface area contributed by atoms with Crippen molar-refractivity contribution in [2.24, 2.45) is 11.3 Å². The van der Waals surface area contributed by atoms with Gasteiger partial charge in [0.2, 0.25) is 0 Å². The van der Waals surface area contributed by atoms with Crippen molar-refractivity contribution in [2.45, 2.75) is 44.0 Å². The second kappa shape index (κ2) is 7.14. The Morgan fingerprint density at radius 2 is 1.84 bits per heavy atom. The third kappa shape index (κ3) is 5.82. The van der Waals surface area contributed by atoms with Gasteiger partial charge in [-0.3, -0.25) is 0 Å². The molecule has 0 radical (unpaired) electrons. The molecule has 0 heterocycles. The van der Waals surface area contributed by atoms with Gasteiger partial charge in [-0.25, -0.2) is 0 Å². The molecule has 0 aromatic heterocycles. The van der Waals surface area contributed by atoms with Crippen LogP contribution in [0.3, 0.4) is 0 Å². The number of rotatable bonds is 6. The van der Waals surface area contributed by atoms with Crippen LogP contribution in [0.4, 0.5) is 0 Å². The monoisotopic (exact) mass is 324 g/mol. The number of benzene rings is 1. The Bertz CT molecular complexity index is 395. The molecule has 1 N–H and O–H groups in total. The molecule has 0 fully saturated rings. The van der Waals surface area contributed by atoms with Gasteiger partial charge in [0.1, 0.15) is 0 Å². The zero-order valence-corrected chi connectivity index (χ0v) is 14.4. The molecule has 2 nitrogen and oxygen atoms in total. The SMILES string of the molecule is CC(CC(C(=O)O)C(C)(C)C)[AsH]Cc1ccccc1. The van der Waals surface area contributed by atoms with E-state index < -0.39 is 5.97 Å². The summed E-state index contributed by atoms with van der Waals surface area (Å²) in [6, 6.07) is 10.5. The Morgan fingerprint density at radius 3 is 2.32 bits per heavy atom. The van der Waals surface area contributed by atoms with Crippen molar-refractivity contribution in [3.63, 3.8) is 0 Å². The number of carbonyl (C=O) groups is 1. The van der Waals surface area contributed by atoms with Gasteiger partial charge in [-0.1, -0.05) is 0 Å². The van der Waals surface area contributed by atoms with E-state index in [4.69, 9.17) is 0 Å². The molecule has 19 heavy (non-hydrogen) atoms. The van der Waals surface area contributed by atoms with Gasteiger partial charge in [-0.15, -0.1) is 0 Å². The summed E-state index contributed by atoms with van der Waals surface area (Å²) in [5, 5.41) is 10.5. The summed E-state index contributed by atoms with van der Waals surface area (Å²) in [5.41, 5.74) is 1.23. The molecule has 0 aliphatic carbocycles. The minimum absolute atomic E-state index is 0.128. The Balaban J connectivity index is 2.50. The van der Waals surface area contributed by atoms with Gasteiger partial charge in [0, 0.05) is 0 Å². The van der Waals surface area contributed by atoms with Crippen LogP contribution >= 0.6 is 0 Å². The topological polar surface area (TPSA) is 37.3 Å². The van der Waals surface area contributed by atoms with Gasteiger partial charge in [0.15, 0.2) is 0 Å². The molecule has 0 amide bonds. The molecule has 3 unspecified atom stereocenters. The molecule has 3 atom stereocenters. The first kappa shape index (κ1) is 16.3. The fraction of sp³-hybridized carbons (Fsp3) is 0.562. The quantitative estimate of drug-likeness (QED) is 0.812. The van der Waals surface area contributed by atoms with Gasteiger partial charge in [-0.05, 0) is 0 Å². The van der Waals surface area contributed by atoms with Crippen LogP contribution in [0, 0.1) is 11.3 Å². The van der Waals surface area contributed by atoms with Crippen molar-refractivity contribution >= 4 is 21.7 Å². The van der Waals surface area contributed by atoms with Crippen LogP contribution in [0.25, 0.3) is 0 Å². The summed E-state index contributed by atoms with van der Waals surface area (Å²) in [5.74, 6) is -0.882. The van der Waals surface area contributed by atoms with E-state index in [9.17, 15) is 9.90 Å². The molecule has 0 bridgehead atoms. The fourth-order valence-corrected chi connectivity index (χ4v) is 4.71. The minimum atomic E-state index is -0.648. The maximum atomic E-state index is 11.4. The van der Waals surface area contributed by atoms with Crippen molar-refractivity contribution in [3.05, 3.63) is 35.9 Å². The predicted octanol–water partition coefficient (Wildman–Crippen LogP) is 3.57. The number of hydrogen-bond acceptors (Lipinski definition) is 1. The van der Waals surface area contributed by atoms with Gasteiger partial charge in [0.05, 0.1) is 0 Å². The van der Waals surface area contributed by atoms with Crippen LogP contribution in [0.2, 0.25) is 4.71 Å². The number of carboxylic acids is 1. The molecule has 0 aliphatic heterocycles. The Labute approximate surface area is 123 Å². The molecule has 0 spiro atoms. The summed E-state index contributed by atoms with van der Waals surface area (Å²) in [6.07, 6.45) is 0.811. The van der Waals surface area contributed by atoms with Crippen LogP contribution in [0.15, 0.2) is 30.3 Å². The zero-order chi connectivity index (χ0) is 14.5. The number of aliphatic carboxylic acids is 1. The average Bonchev–Trinajstić information content (AvgIpc) is 2.33. The van der Waals surface area contributed by atoms with E-state index in [0.717, 1.165) is 11.6 Å². The third-order valence-electron chi connectivity index (χ3n) is 3.43. The Morgan fingerprint density at radius 1 is 1.26 bits per heavy atom. The van der Waals surface area contributed by atoms with Crippen molar-refractivity contribution < 1.29 is 9.90 Å². The fourth-order valence-electron chi connectivity index (χ4n) is 2.15. The summed E-state index contributed by atoms with van der Waals surface area (Å²) in [6.45, 7) is 8.28. The molecule has 0 aliphatic rings. The van der Waals surface area contributed by atoms with Crippen LogP contribution in [0.1, 0.15) is 39.7 Å². The van der Waals surface area contributed by atoms with E-state index in [1.165, 1.54) is 5.56 Å². The zero-order valence-electron chi connectivity index (χ0n) is 12.3. The number of carboxylic acid groups (broad SMARTS) is 1. The molecule has 1 aromatic rings. The Hall–Kier alpha value is -0.752. The van der Waals surface area contributed by atoms with Crippen LogP contribution in [-0.2, 0) is 10.0 Å². The number of hydrogen-bond donors (Lipinski definition) is 1. The normalized spacial score (nSPS) is 15.6. The molecule has 0 saturated heterocycles. The standard InChI is InChI=1S/C16H25AsO2/c1-12(10-14(15(18)19)16(2,3)4)17-11-13-8-6-5-7-9-13/h5-9,12,14,17H,10-11H2,1-4H3,(H,18,19). The summed E-state index contributed by atoms with van der Waals surface area (Å²) < 4.78 is 0.556. The molecule has 1 aromatic carbocycles. The molecule has 0 saturated carbocycles. The molecule has 106 valence electrons. The summed E-state index contributed by atoms with van der Waals surface area (Å²) in [4.78, 5) is 11.4. The van der Waals surface area contributed by atoms with Gasteiger partial charge >= 0.3 is 123 Å². The first-order valence-corrected chi connectivity index (χ1v) is 9.50. The summed E-state index contributed by atoms with van der Waals surface area (Å²) >= 11 is -0.128. The van der Waals surface area contributed by atoms with Gasteiger partial charge < -0.3 is 0 Å². The van der Waals surface area contributed by atoms with Gasteiger partial charge in [-0.2, -0.15) is 0 Å². The van der Waals surface area contributed by atoms with Crippen LogP contribution < -0.4 is 0 Å². The van der Waals surface area contributed by atoms with E-state index in [0.29, 0.717) is 4.71 Å². The predicted molar refractivity (Wildman–Crippen MR) is 81.9 cm³/mol. The molecule has 1 rings (SSSR count). The van der Waals surface area contributed by atoms with E-state index in [1.807, 2.05) is 26.8 Å². The molecular formula is C16H25AsO2. The van der Waals surface area contributed by atoms with Gasteiger partial charge in [0.25, 0.3) is 0 Å². The molecule has 3 heteroatoms. The van der Waals surface area contributed by atoms with E-state index in [2.05, 4.69) is 31.2 Å². The van der Waals surface area contributed by atoms with Crippen molar-refractivity contribution in [3.8, 4) is 0 Å². The average molecular weight is 324 g/mol. The van der Waals surface area contributed by atoms with E-state index >= 15 is 0 Å². The van der Waals surface area contributed by atoms with Crippen molar-refractivity contribution in [1.82, 2.24) is 0 Å². The Kier molecular flexibility index (Phi) is 6.13. The van der Waals surface area contributed by atoms with Crippen LogP contribution in [-0.4, -0.2) is 26.8 Å². The van der Waals surface area contributed by atoms with Crippen molar-refractivity contribution in [2.75, 3.05) is 0 Å². The first-order chi connectivity index (χ1) is 8.80. The van der Waals surface area contributed by atoms with E-state index in [-0.39, 0.29) is 27.1 Å². The maximum absolute atomic E-state index is 11.4. The second-order valence-corrected chi connectivity index (χ2v) is 9.93. The first-order valence-electron chi connectivity index (χ1n) is 6.81. The summed E-state index contributed by atoms with van der Waals surface area (Å²) in [7, 11) is 0. The third-order valence-corrected chi connectivity index (χ3v) is 6.67. The van der Waals surface area contributed by atoms with E-state index in [1.54, 1.807) is 0 Å². The van der Waals surface area contributed by atoms with Crippen molar-refractivity contribution in [1.29, 1.82) is 0 Å². The molecular weight excluding hydrogens is 299 g/mol. The second-order valence-electron chi connectivity index (χ2n) is 6.26. The van der Waals surface area contributed by atoms with Crippen LogP contribution in [0.5, 0.6) is 0 Å².